The molecule has 2 heteroatoms. The first-order valence-electron chi connectivity index (χ1n) is 11.3. The summed E-state index contributed by atoms with van der Waals surface area (Å²) in [4.78, 5) is 4.69. The molecule has 2 nitrogen and oxygen atoms in total. The SMILES string of the molecule is CN1c2ccc(-c3ccccc3)cc2N(c2ccccc2)c2cc(-c3ccccc3)ccc21. The summed E-state index contributed by atoms with van der Waals surface area (Å²) in [5.41, 5.74) is 10.8. The van der Waals surface area contributed by atoms with E-state index in [4.69, 9.17) is 0 Å². The smallest absolute Gasteiger partial charge is 0.0705 e. The Morgan fingerprint density at radius 2 is 0.818 bits per heavy atom. The molecule has 1 aliphatic heterocycles. The van der Waals surface area contributed by atoms with Crippen molar-refractivity contribution in [3.63, 3.8) is 0 Å². The molecule has 0 aromatic heterocycles. The van der Waals surface area contributed by atoms with Crippen molar-refractivity contribution in [2.24, 2.45) is 0 Å². The third kappa shape index (κ3) is 3.37. The molecule has 1 aliphatic rings. The summed E-state index contributed by atoms with van der Waals surface area (Å²) in [6.07, 6.45) is 0. The molecule has 33 heavy (non-hydrogen) atoms. The Labute approximate surface area is 195 Å². The van der Waals surface area contributed by atoms with E-state index in [1.54, 1.807) is 0 Å². The van der Waals surface area contributed by atoms with Crippen LogP contribution >= 0.6 is 0 Å². The third-order valence-electron chi connectivity index (χ3n) is 6.38. The van der Waals surface area contributed by atoms with E-state index in [0.717, 1.165) is 5.69 Å². The summed E-state index contributed by atoms with van der Waals surface area (Å²) in [5, 5.41) is 0. The number of anilines is 5. The van der Waals surface area contributed by atoms with Gasteiger partial charge in [-0.1, -0.05) is 91.0 Å². The van der Waals surface area contributed by atoms with Crippen LogP contribution in [0.1, 0.15) is 0 Å². The van der Waals surface area contributed by atoms with Crippen molar-refractivity contribution in [3.8, 4) is 22.3 Å². The van der Waals surface area contributed by atoms with Crippen molar-refractivity contribution in [3.05, 3.63) is 127 Å². The maximum Gasteiger partial charge on any atom is 0.0705 e. The summed E-state index contributed by atoms with van der Waals surface area (Å²) >= 11 is 0. The molecule has 5 aromatic rings. The van der Waals surface area contributed by atoms with E-state index in [1.807, 2.05) is 0 Å². The van der Waals surface area contributed by atoms with Gasteiger partial charge in [-0.15, -0.1) is 0 Å². The van der Waals surface area contributed by atoms with Crippen molar-refractivity contribution >= 4 is 28.4 Å². The van der Waals surface area contributed by atoms with Crippen molar-refractivity contribution in [1.82, 2.24) is 0 Å². The largest absolute Gasteiger partial charge is 0.341 e. The molecule has 0 amide bonds. The second-order valence-corrected chi connectivity index (χ2v) is 8.37. The van der Waals surface area contributed by atoms with Gasteiger partial charge in [0, 0.05) is 12.7 Å². The average molecular weight is 425 g/mol. The van der Waals surface area contributed by atoms with Crippen LogP contribution in [0.25, 0.3) is 22.3 Å². The summed E-state index contributed by atoms with van der Waals surface area (Å²) in [6, 6.07) is 45.4. The number of hydrogen-bond acceptors (Lipinski definition) is 2. The summed E-state index contributed by atoms with van der Waals surface area (Å²) in [5.74, 6) is 0. The van der Waals surface area contributed by atoms with Crippen LogP contribution in [-0.4, -0.2) is 7.05 Å². The molecule has 0 fully saturated rings. The molecule has 0 saturated carbocycles. The Kier molecular flexibility index (Phi) is 4.70. The molecule has 0 saturated heterocycles. The zero-order chi connectivity index (χ0) is 22.2. The zero-order valence-electron chi connectivity index (χ0n) is 18.5. The number of benzene rings is 5. The molecule has 158 valence electrons. The van der Waals surface area contributed by atoms with Gasteiger partial charge in [0.2, 0.25) is 0 Å². The molecule has 0 bridgehead atoms. The lowest BCUT2D eigenvalue weighted by molar-refractivity contribution is 1.13. The molecule has 6 rings (SSSR count). The van der Waals surface area contributed by atoms with E-state index in [1.165, 1.54) is 45.0 Å². The van der Waals surface area contributed by atoms with Crippen molar-refractivity contribution < 1.29 is 0 Å². The van der Waals surface area contributed by atoms with E-state index < -0.39 is 0 Å². The number of nitrogens with zero attached hydrogens (tertiary/aromatic N) is 2. The normalized spacial score (nSPS) is 12.3. The van der Waals surface area contributed by atoms with Gasteiger partial charge in [0.15, 0.2) is 0 Å². The Morgan fingerprint density at radius 1 is 0.394 bits per heavy atom. The van der Waals surface area contributed by atoms with Crippen LogP contribution in [0.2, 0.25) is 0 Å². The van der Waals surface area contributed by atoms with E-state index in [9.17, 15) is 0 Å². The lowest BCUT2D eigenvalue weighted by atomic mass is 9.98. The van der Waals surface area contributed by atoms with Crippen LogP contribution in [0.3, 0.4) is 0 Å². The van der Waals surface area contributed by atoms with Gasteiger partial charge in [0.25, 0.3) is 0 Å². The fraction of sp³-hybridized carbons (Fsp3) is 0.0323. The van der Waals surface area contributed by atoms with Crippen molar-refractivity contribution in [2.45, 2.75) is 0 Å². The molecular weight excluding hydrogens is 400 g/mol. The molecule has 0 radical (unpaired) electrons. The fourth-order valence-corrected chi connectivity index (χ4v) is 4.71. The van der Waals surface area contributed by atoms with Crippen LogP contribution < -0.4 is 9.80 Å². The summed E-state index contributed by atoms with van der Waals surface area (Å²) in [7, 11) is 2.16. The number of fused-ring (bicyclic) bond motifs is 2. The van der Waals surface area contributed by atoms with E-state index >= 15 is 0 Å². The fourth-order valence-electron chi connectivity index (χ4n) is 4.71. The standard InChI is InChI=1S/C31H24N2/c1-32-28-19-17-25(23-11-5-2-6-12-23)21-30(28)33(27-15-9-4-10-16-27)31-22-26(18-20-29(31)32)24-13-7-3-8-14-24/h2-22H,1H3. The molecule has 0 spiro atoms. The molecule has 0 atom stereocenters. The molecule has 5 aromatic carbocycles. The highest BCUT2D eigenvalue weighted by molar-refractivity contribution is 6.00. The van der Waals surface area contributed by atoms with Gasteiger partial charge in [-0.05, 0) is 58.7 Å². The lowest BCUT2D eigenvalue weighted by Crippen LogP contribution is -2.24. The topological polar surface area (TPSA) is 6.48 Å². The van der Waals surface area contributed by atoms with Crippen LogP contribution in [0, 0.1) is 0 Å². The monoisotopic (exact) mass is 424 g/mol. The first-order valence-corrected chi connectivity index (χ1v) is 11.3. The molecule has 1 heterocycles. The first-order chi connectivity index (χ1) is 16.3. The molecule has 0 N–H and O–H groups in total. The van der Waals surface area contributed by atoms with Gasteiger partial charge >= 0.3 is 0 Å². The van der Waals surface area contributed by atoms with Gasteiger partial charge in [0.1, 0.15) is 0 Å². The second-order valence-electron chi connectivity index (χ2n) is 8.37. The average Bonchev–Trinajstić information content (AvgIpc) is 2.90. The molecule has 0 unspecified atom stereocenters. The Balaban J connectivity index is 1.58. The Hall–Kier alpha value is -4.30. The van der Waals surface area contributed by atoms with Gasteiger partial charge in [0.05, 0.1) is 22.7 Å². The number of rotatable bonds is 3. The lowest BCUT2D eigenvalue weighted by Gasteiger charge is -2.39. The van der Waals surface area contributed by atoms with Crippen LogP contribution in [0.5, 0.6) is 0 Å². The molecule has 0 aliphatic carbocycles. The Morgan fingerprint density at radius 3 is 1.27 bits per heavy atom. The van der Waals surface area contributed by atoms with Crippen LogP contribution in [0.15, 0.2) is 127 Å². The van der Waals surface area contributed by atoms with Crippen LogP contribution in [0.4, 0.5) is 28.4 Å². The predicted molar refractivity (Wildman–Crippen MR) is 140 cm³/mol. The van der Waals surface area contributed by atoms with Crippen molar-refractivity contribution in [2.75, 3.05) is 16.8 Å². The van der Waals surface area contributed by atoms with Gasteiger partial charge in [-0.2, -0.15) is 0 Å². The minimum absolute atomic E-state index is 1.16. The van der Waals surface area contributed by atoms with Gasteiger partial charge < -0.3 is 9.80 Å². The summed E-state index contributed by atoms with van der Waals surface area (Å²) in [6.45, 7) is 0. The van der Waals surface area contributed by atoms with Crippen LogP contribution in [-0.2, 0) is 0 Å². The number of para-hydroxylation sites is 1. The maximum atomic E-state index is 2.39. The second kappa shape index (κ2) is 7.99. The minimum atomic E-state index is 1.16. The highest BCUT2D eigenvalue weighted by Gasteiger charge is 2.28. The van der Waals surface area contributed by atoms with Gasteiger partial charge in [-0.25, -0.2) is 0 Å². The minimum Gasteiger partial charge on any atom is -0.341 e. The summed E-state index contributed by atoms with van der Waals surface area (Å²) < 4.78 is 0. The molecular formula is C31H24N2. The highest BCUT2D eigenvalue weighted by Crippen LogP contribution is 2.52. The van der Waals surface area contributed by atoms with E-state index in [0.29, 0.717) is 0 Å². The zero-order valence-corrected chi connectivity index (χ0v) is 18.5. The number of hydrogen-bond donors (Lipinski definition) is 0. The van der Waals surface area contributed by atoms with Gasteiger partial charge in [-0.3, -0.25) is 0 Å². The quantitative estimate of drug-likeness (QED) is 0.286. The third-order valence-corrected chi connectivity index (χ3v) is 6.38. The first kappa shape index (κ1) is 19.4. The van der Waals surface area contributed by atoms with E-state index in [-0.39, 0.29) is 0 Å². The predicted octanol–water partition coefficient (Wildman–Crippen LogP) is 8.57. The maximum absolute atomic E-state index is 2.39. The highest BCUT2D eigenvalue weighted by atomic mass is 15.3. The van der Waals surface area contributed by atoms with E-state index in [2.05, 4.69) is 144 Å². The Bertz CT molecular complexity index is 1320. The van der Waals surface area contributed by atoms with Crippen molar-refractivity contribution in [1.29, 1.82) is 0 Å².